The highest BCUT2D eigenvalue weighted by molar-refractivity contribution is 7.89. The van der Waals surface area contributed by atoms with Crippen LogP contribution < -0.4 is 4.72 Å². The lowest BCUT2D eigenvalue weighted by Crippen LogP contribution is -2.44. The summed E-state index contributed by atoms with van der Waals surface area (Å²) in [4.78, 5) is 13.5. The molecule has 0 aliphatic carbocycles. The normalized spacial score (nSPS) is 15.9. The first-order valence-corrected chi connectivity index (χ1v) is 10.4. The van der Waals surface area contributed by atoms with Gasteiger partial charge in [-0.05, 0) is 49.1 Å². The van der Waals surface area contributed by atoms with E-state index in [0.717, 1.165) is 19.5 Å². The molecule has 3 rings (SSSR count). The van der Waals surface area contributed by atoms with Crippen LogP contribution in [0.15, 0.2) is 47.4 Å². The van der Waals surface area contributed by atoms with Gasteiger partial charge in [0.2, 0.25) is 10.0 Å². The van der Waals surface area contributed by atoms with Crippen molar-refractivity contribution >= 4 is 16.0 Å². The van der Waals surface area contributed by atoms with Crippen molar-refractivity contribution in [3.8, 4) is 0 Å². The Bertz CT molecular complexity index is 956. The minimum atomic E-state index is -3.77. The molecule has 0 aromatic heterocycles. The summed E-state index contributed by atoms with van der Waals surface area (Å²) < 4.78 is 27.8. The van der Waals surface area contributed by atoms with Crippen LogP contribution in [0, 0.1) is 6.92 Å². The number of hydrogen-bond donors (Lipinski definition) is 2. The van der Waals surface area contributed by atoms with Crippen molar-refractivity contribution in [1.29, 1.82) is 0 Å². The van der Waals surface area contributed by atoms with Gasteiger partial charge in [0, 0.05) is 25.7 Å². The topological polar surface area (TPSA) is 86.7 Å². The lowest BCUT2D eigenvalue weighted by atomic mass is 9.99. The Hall–Kier alpha value is -2.22. The van der Waals surface area contributed by atoms with Crippen LogP contribution in [0.4, 0.5) is 0 Å². The monoisotopic (exact) mass is 388 g/mol. The van der Waals surface area contributed by atoms with Crippen molar-refractivity contribution in [3.05, 3.63) is 64.7 Å². The van der Waals surface area contributed by atoms with E-state index in [2.05, 4.69) is 21.8 Å². The van der Waals surface area contributed by atoms with Crippen molar-refractivity contribution in [1.82, 2.24) is 9.62 Å². The van der Waals surface area contributed by atoms with E-state index in [9.17, 15) is 18.3 Å². The molecule has 1 atom stereocenters. The maximum atomic E-state index is 12.6. The Morgan fingerprint density at radius 3 is 2.63 bits per heavy atom. The molecular weight excluding hydrogens is 364 g/mol. The number of carbonyl (C=O) groups is 1. The highest BCUT2D eigenvalue weighted by atomic mass is 32.2. The molecule has 0 amide bonds. The molecule has 2 aromatic carbocycles. The average Bonchev–Trinajstić information content (AvgIpc) is 2.65. The molecule has 0 radical (unpaired) electrons. The van der Waals surface area contributed by atoms with Gasteiger partial charge in [0.1, 0.15) is 0 Å². The number of sulfonamides is 1. The molecule has 144 valence electrons. The van der Waals surface area contributed by atoms with Crippen molar-refractivity contribution < 1.29 is 18.3 Å². The Morgan fingerprint density at radius 1 is 1.22 bits per heavy atom. The molecule has 0 fully saturated rings. The second kappa shape index (κ2) is 7.80. The van der Waals surface area contributed by atoms with Gasteiger partial charge in [-0.1, -0.05) is 30.3 Å². The molecule has 1 heterocycles. The number of hydrogen-bond acceptors (Lipinski definition) is 4. The number of fused-ring (bicyclic) bond motifs is 1. The fraction of sp³-hybridized carbons (Fsp3) is 0.350. The Kier molecular flexibility index (Phi) is 5.64. The number of aromatic carboxylic acids is 1. The van der Waals surface area contributed by atoms with E-state index in [0.29, 0.717) is 5.56 Å². The third kappa shape index (κ3) is 4.37. The summed E-state index contributed by atoms with van der Waals surface area (Å²) in [5.41, 5.74) is 3.16. The molecule has 2 aromatic rings. The summed E-state index contributed by atoms with van der Waals surface area (Å²) in [6.45, 7) is 5.58. The molecule has 7 heteroatoms. The van der Waals surface area contributed by atoms with Crippen LogP contribution in [0.5, 0.6) is 0 Å². The molecule has 1 aliphatic rings. The van der Waals surface area contributed by atoms with Crippen molar-refractivity contribution in [2.45, 2.75) is 37.8 Å². The van der Waals surface area contributed by atoms with Crippen LogP contribution in [0.1, 0.15) is 34.0 Å². The molecule has 0 bridgehead atoms. The number of rotatable bonds is 6. The summed E-state index contributed by atoms with van der Waals surface area (Å²) in [5, 5.41) is 9.20. The zero-order valence-electron chi connectivity index (χ0n) is 15.5. The van der Waals surface area contributed by atoms with Gasteiger partial charge in [-0.2, -0.15) is 0 Å². The highest BCUT2D eigenvalue weighted by Crippen LogP contribution is 2.20. The summed E-state index contributed by atoms with van der Waals surface area (Å²) >= 11 is 0. The van der Waals surface area contributed by atoms with E-state index in [1.165, 1.54) is 29.3 Å². The van der Waals surface area contributed by atoms with Gasteiger partial charge in [0.15, 0.2) is 0 Å². The summed E-state index contributed by atoms with van der Waals surface area (Å²) in [6.07, 6.45) is 0.952. The second-order valence-electron chi connectivity index (χ2n) is 6.97. The predicted molar refractivity (Wildman–Crippen MR) is 103 cm³/mol. The van der Waals surface area contributed by atoms with Gasteiger partial charge in [-0.25, -0.2) is 17.9 Å². The van der Waals surface area contributed by atoms with Crippen molar-refractivity contribution in [3.63, 3.8) is 0 Å². The fourth-order valence-electron chi connectivity index (χ4n) is 3.34. The fourth-order valence-corrected chi connectivity index (χ4v) is 4.48. The minimum absolute atomic E-state index is 0.00133. The van der Waals surface area contributed by atoms with Crippen LogP contribution in [0.2, 0.25) is 0 Å². The molecule has 0 saturated carbocycles. The third-order valence-corrected chi connectivity index (χ3v) is 6.52. The molecule has 27 heavy (non-hydrogen) atoms. The summed E-state index contributed by atoms with van der Waals surface area (Å²) in [6, 6.07) is 12.5. The predicted octanol–water partition coefficient (Wildman–Crippen LogP) is 2.42. The molecule has 0 spiro atoms. The van der Waals surface area contributed by atoms with Gasteiger partial charge in [0.25, 0.3) is 0 Å². The highest BCUT2D eigenvalue weighted by Gasteiger charge is 2.23. The Labute approximate surface area is 159 Å². The molecule has 1 unspecified atom stereocenters. The number of benzene rings is 2. The lowest BCUT2D eigenvalue weighted by Gasteiger charge is -2.33. The molecular formula is C20H24N2O4S. The molecule has 1 aliphatic heterocycles. The zero-order valence-corrected chi connectivity index (χ0v) is 16.3. The van der Waals surface area contributed by atoms with Crippen LogP contribution in [0.3, 0.4) is 0 Å². The average molecular weight is 388 g/mol. The smallest absolute Gasteiger partial charge is 0.335 e. The quantitative estimate of drug-likeness (QED) is 0.794. The number of carboxylic acids is 1. The number of aryl methyl sites for hydroxylation is 1. The first-order chi connectivity index (χ1) is 12.8. The number of carboxylic acid groups (broad SMARTS) is 1. The van der Waals surface area contributed by atoms with E-state index in [1.807, 2.05) is 19.1 Å². The molecule has 0 saturated heterocycles. The van der Waals surface area contributed by atoms with Crippen LogP contribution in [-0.4, -0.2) is 43.5 Å². The zero-order chi connectivity index (χ0) is 19.6. The van der Waals surface area contributed by atoms with Crippen molar-refractivity contribution in [2.24, 2.45) is 0 Å². The number of nitrogens with one attached hydrogen (secondary N) is 1. The maximum absolute atomic E-state index is 12.6. The van der Waals surface area contributed by atoms with Gasteiger partial charge < -0.3 is 5.11 Å². The van der Waals surface area contributed by atoms with E-state index in [1.54, 1.807) is 6.92 Å². The largest absolute Gasteiger partial charge is 0.478 e. The third-order valence-electron chi connectivity index (χ3n) is 5.10. The second-order valence-corrected chi connectivity index (χ2v) is 8.74. The lowest BCUT2D eigenvalue weighted by molar-refractivity contribution is 0.0696. The Balaban J connectivity index is 1.67. The van der Waals surface area contributed by atoms with E-state index >= 15 is 0 Å². The van der Waals surface area contributed by atoms with E-state index < -0.39 is 16.0 Å². The van der Waals surface area contributed by atoms with E-state index in [4.69, 9.17) is 0 Å². The molecule has 6 nitrogen and oxygen atoms in total. The first kappa shape index (κ1) is 19.5. The first-order valence-electron chi connectivity index (χ1n) is 8.92. The van der Waals surface area contributed by atoms with Crippen LogP contribution >= 0.6 is 0 Å². The SMILES string of the molecule is Cc1ccc(S(=O)(=O)NCC(C)N2CCc3ccccc3C2)cc1C(=O)O. The maximum Gasteiger partial charge on any atom is 0.335 e. The standard InChI is InChI=1S/C20H24N2O4S/c1-14-7-8-18(11-19(14)20(23)24)27(25,26)21-12-15(2)22-10-9-16-5-3-4-6-17(16)13-22/h3-8,11,15,21H,9-10,12-13H2,1-2H3,(H,23,24). The van der Waals surface area contributed by atoms with Gasteiger partial charge >= 0.3 is 5.97 Å². The number of nitrogens with zero attached hydrogens (tertiary/aromatic N) is 1. The van der Waals surface area contributed by atoms with Crippen molar-refractivity contribution in [2.75, 3.05) is 13.1 Å². The summed E-state index contributed by atoms with van der Waals surface area (Å²) in [7, 11) is -3.77. The van der Waals surface area contributed by atoms with Crippen LogP contribution in [-0.2, 0) is 23.0 Å². The molecule has 2 N–H and O–H groups in total. The van der Waals surface area contributed by atoms with Gasteiger partial charge in [0.05, 0.1) is 10.5 Å². The van der Waals surface area contributed by atoms with Gasteiger partial charge in [-0.15, -0.1) is 0 Å². The van der Waals surface area contributed by atoms with Crippen LogP contribution in [0.25, 0.3) is 0 Å². The Morgan fingerprint density at radius 2 is 1.93 bits per heavy atom. The summed E-state index contributed by atoms with van der Waals surface area (Å²) in [5.74, 6) is -1.13. The minimum Gasteiger partial charge on any atom is -0.478 e. The van der Waals surface area contributed by atoms with Gasteiger partial charge in [-0.3, -0.25) is 4.90 Å². The van der Waals surface area contributed by atoms with E-state index in [-0.39, 0.29) is 23.0 Å².